The maximum atomic E-state index is 11.6. The van der Waals surface area contributed by atoms with E-state index >= 15 is 0 Å². The molecule has 9 heteroatoms. The molecule has 0 atom stereocenters. The Hall–Kier alpha value is -2.00. The van der Waals surface area contributed by atoms with Crippen molar-refractivity contribution in [3.05, 3.63) is 30.1 Å². The third kappa shape index (κ3) is 6.81. The summed E-state index contributed by atoms with van der Waals surface area (Å²) in [6, 6.07) is 5.18. The standard InChI is InChI=1S/C11H15N3O5S/c15-10(13-8-11(16)17)7-14-20(18,19)6-4-9-3-1-2-5-12-9/h1-3,5,14H,4,6-8H2,(H,13,15)(H,16,17). The summed E-state index contributed by atoms with van der Waals surface area (Å²) < 4.78 is 25.3. The zero-order chi connectivity index (χ0) is 15.0. The van der Waals surface area contributed by atoms with Crippen molar-refractivity contribution >= 4 is 21.9 Å². The number of pyridine rings is 1. The summed E-state index contributed by atoms with van der Waals surface area (Å²) in [6.45, 7) is -1.04. The smallest absolute Gasteiger partial charge is 0.322 e. The molecule has 1 amide bonds. The molecular weight excluding hydrogens is 286 g/mol. The number of nitrogens with zero attached hydrogens (tertiary/aromatic N) is 1. The number of aromatic nitrogens is 1. The van der Waals surface area contributed by atoms with Crippen LogP contribution in [-0.4, -0.2) is 49.2 Å². The van der Waals surface area contributed by atoms with E-state index in [0.717, 1.165) is 0 Å². The first-order valence-corrected chi connectivity index (χ1v) is 7.40. The molecule has 20 heavy (non-hydrogen) atoms. The Morgan fingerprint density at radius 2 is 2.00 bits per heavy atom. The van der Waals surface area contributed by atoms with Crippen LogP contribution >= 0.6 is 0 Å². The third-order valence-electron chi connectivity index (χ3n) is 2.24. The molecule has 0 radical (unpaired) electrons. The predicted octanol–water partition coefficient (Wildman–Crippen LogP) is -1.26. The van der Waals surface area contributed by atoms with Crippen LogP contribution in [0.5, 0.6) is 0 Å². The van der Waals surface area contributed by atoms with Crippen molar-refractivity contribution in [1.29, 1.82) is 0 Å². The molecule has 8 nitrogen and oxygen atoms in total. The minimum atomic E-state index is -3.61. The lowest BCUT2D eigenvalue weighted by Gasteiger charge is -2.06. The molecule has 0 saturated heterocycles. The summed E-state index contributed by atoms with van der Waals surface area (Å²) in [5.74, 6) is -2.10. The van der Waals surface area contributed by atoms with Gasteiger partial charge in [0.15, 0.2) is 0 Å². The highest BCUT2D eigenvalue weighted by Crippen LogP contribution is 1.97. The summed E-state index contributed by atoms with van der Waals surface area (Å²) in [7, 11) is -3.61. The van der Waals surface area contributed by atoms with Gasteiger partial charge in [-0.1, -0.05) is 6.07 Å². The SMILES string of the molecule is O=C(O)CNC(=O)CNS(=O)(=O)CCc1ccccn1. The van der Waals surface area contributed by atoms with E-state index in [0.29, 0.717) is 5.69 Å². The molecule has 0 saturated carbocycles. The Balaban J connectivity index is 2.34. The van der Waals surface area contributed by atoms with Crippen LogP contribution in [0.1, 0.15) is 5.69 Å². The number of nitrogens with one attached hydrogen (secondary N) is 2. The summed E-state index contributed by atoms with van der Waals surface area (Å²) in [4.78, 5) is 25.3. The van der Waals surface area contributed by atoms with Crippen LogP contribution in [0.15, 0.2) is 24.4 Å². The van der Waals surface area contributed by atoms with Gasteiger partial charge in [0, 0.05) is 18.3 Å². The molecule has 0 spiro atoms. The molecular formula is C11H15N3O5S. The third-order valence-corrected chi connectivity index (χ3v) is 3.57. The van der Waals surface area contributed by atoms with Gasteiger partial charge in [-0.05, 0) is 12.1 Å². The van der Waals surface area contributed by atoms with Crippen molar-refractivity contribution in [2.45, 2.75) is 6.42 Å². The van der Waals surface area contributed by atoms with Gasteiger partial charge in [0.05, 0.1) is 12.3 Å². The van der Waals surface area contributed by atoms with Crippen LogP contribution < -0.4 is 10.0 Å². The highest BCUT2D eigenvalue weighted by Gasteiger charge is 2.13. The molecule has 0 unspecified atom stereocenters. The van der Waals surface area contributed by atoms with Gasteiger partial charge in [0.1, 0.15) is 6.54 Å². The first kappa shape index (κ1) is 16.1. The first-order valence-electron chi connectivity index (χ1n) is 5.75. The molecule has 0 fully saturated rings. The second-order valence-corrected chi connectivity index (χ2v) is 5.81. The summed E-state index contributed by atoms with van der Waals surface area (Å²) in [5, 5.41) is 10.4. The molecule has 1 aromatic rings. The Morgan fingerprint density at radius 1 is 1.25 bits per heavy atom. The number of hydrogen-bond acceptors (Lipinski definition) is 5. The normalized spacial score (nSPS) is 11.0. The predicted molar refractivity (Wildman–Crippen MR) is 70.4 cm³/mol. The lowest BCUT2D eigenvalue weighted by molar-refractivity contribution is -0.137. The van der Waals surface area contributed by atoms with Crippen molar-refractivity contribution in [2.24, 2.45) is 0 Å². The van der Waals surface area contributed by atoms with E-state index in [-0.39, 0.29) is 12.2 Å². The number of carboxylic acids is 1. The lowest BCUT2D eigenvalue weighted by atomic mass is 10.3. The zero-order valence-corrected chi connectivity index (χ0v) is 11.4. The number of carbonyl (C=O) groups excluding carboxylic acids is 1. The molecule has 110 valence electrons. The van der Waals surface area contributed by atoms with Crippen molar-refractivity contribution < 1.29 is 23.1 Å². The van der Waals surface area contributed by atoms with Crippen LogP contribution in [0.2, 0.25) is 0 Å². The second kappa shape index (κ2) is 7.56. The molecule has 1 heterocycles. The number of aryl methyl sites for hydroxylation is 1. The van der Waals surface area contributed by atoms with Gasteiger partial charge in [-0.15, -0.1) is 0 Å². The molecule has 3 N–H and O–H groups in total. The van der Waals surface area contributed by atoms with Gasteiger partial charge in [-0.25, -0.2) is 13.1 Å². The number of carbonyl (C=O) groups is 2. The summed E-state index contributed by atoms with van der Waals surface area (Å²) >= 11 is 0. The summed E-state index contributed by atoms with van der Waals surface area (Å²) in [5.41, 5.74) is 0.633. The first-order chi connectivity index (χ1) is 9.39. The van der Waals surface area contributed by atoms with Crippen LogP contribution in [0.4, 0.5) is 0 Å². The molecule has 1 rings (SSSR count). The fourth-order valence-electron chi connectivity index (χ4n) is 1.27. The van der Waals surface area contributed by atoms with Gasteiger partial charge in [0.2, 0.25) is 15.9 Å². The van der Waals surface area contributed by atoms with Gasteiger partial charge < -0.3 is 10.4 Å². The number of aliphatic carboxylic acids is 1. The topological polar surface area (TPSA) is 125 Å². The number of sulfonamides is 1. The highest BCUT2D eigenvalue weighted by molar-refractivity contribution is 7.89. The van der Waals surface area contributed by atoms with Crippen molar-refractivity contribution in [2.75, 3.05) is 18.8 Å². The Kier molecular flexibility index (Phi) is 6.07. The van der Waals surface area contributed by atoms with Gasteiger partial charge in [-0.3, -0.25) is 14.6 Å². The molecule has 0 aliphatic heterocycles. The largest absolute Gasteiger partial charge is 0.480 e. The quantitative estimate of drug-likeness (QED) is 0.550. The number of carboxylic acid groups (broad SMARTS) is 1. The average Bonchev–Trinajstić information content (AvgIpc) is 2.42. The van der Waals surface area contributed by atoms with Crippen LogP contribution in [0.3, 0.4) is 0 Å². The van der Waals surface area contributed by atoms with Crippen molar-refractivity contribution in [3.63, 3.8) is 0 Å². The van der Waals surface area contributed by atoms with Crippen molar-refractivity contribution in [3.8, 4) is 0 Å². The van der Waals surface area contributed by atoms with Crippen LogP contribution in [-0.2, 0) is 26.0 Å². The second-order valence-electron chi connectivity index (χ2n) is 3.88. The van der Waals surface area contributed by atoms with E-state index in [2.05, 4.69) is 15.0 Å². The Bertz CT molecular complexity index is 559. The van der Waals surface area contributed by atoms with E-state index < -0.39 is 35.0 Å². The minimum Gasteiger partial charge on any atom is -0.480 e. The number of hydrogen-bond donors (Lipinski definition) is 3. The Labute approximate surface area is 116 Å². The van der Waals surface area contributed by atoms with E-state index in [9.17, 15) is 18.0 Å². The summed E-state index contributed by atoms with van der Waals surface area (Å²) in [6.07, 6.45) is 1.79. The monoisotopic (exact) mass is 301 g/mol. The maximum Gasteiger partial charge on any atom is 0.322 e. The molecule has 0 bridgehead atoms. The van der Waals surface area contributed by atoms with E-state index in [1.807, 2.05) is 0 Å². The van der Waals surface area contributed by atoms with E-state index in [1.165, 1.54) is 0 Å². The maximum absolute atomic E-state index is 11.6. The minimum absolute atomic E-state index is 0.198. The Morgan fingerprint density at radius 3 is 2.60 bits per heavy atom. The zero-order valence-electron chi connectivity index (χ0n) is 10.6. The van der Waals surface area contributed by atoms with E-state index in [4.69, 9.17) is 5.11 Å². The number of amides is 1. The fourth-order valence-corrected chi connectivity index (χ4v) is 2.24. The molecule has 0 aromatic carbocycles. The average molecular weight is 301 g/mol. The van der Waals surface area contributed by atoms with Gasteiger partial charge in [-0.2, -0.15) is 0 Å². The van der Waals surface area contributed by atoms with Crippen molar-refractivity contribution in [1.82, 2.24) is 15.0 Å². The van der Waals surface area contributed by atoms with E-state index in [1.54, 1.807) is 24.4 Å². The molecule has 1 aromatic heterocycles. The highest BCUT2D eigenvalue weighted by atomic mass is 32.2. The van der Waals surface area contributed by atoms with Gasteiger partial charge >= 0.3 is 5.97 Å². The van der Waals surface area contributed by atoms with Crippen LogP contribution in [0, 0.1) is 0 Å². The fraction of sp³-hybridized carbons (Fsp3) is 0.364. The van der Waals surface area contributed by atoms with Gasteiger partial charge in [0.25, 0.3) is 0 Å². The number of rotatable bonds is 8. The lowest BCUT2D eigenvalue weighted by Crippen LogP contribution is -2.39. The molecule has 0 aliphatic carbocycles. The molecule has 0 aliphatic rings. The van der Waals surface area contributed by atoms with Crippen LogP contribution in [0.25, 0.3) is 0 Å².